The first-order chi connectivity index (χ1) is 13.0. The lowest BCUT2D eigenvalue weighted by Gasteiger charge is -2.43. The predicted molar refractivity (Wildman–Crippen MR) is 111 cm³/mol. The standard InChI is InChI=1S/C24H32FN2/c1-27(2)16-6-5-9-24(27)14-15-26(22-12-10-21(25)11-13-22)23-17-19-7-3-4-8-20(19)18-23/h3-4,7-8,10-13,23-24H,5-6,9,14-18H2,1-2H3/q+1. The van der Waals surface area contributed by atoms with Gasteiger partial charge >= 0.3 is 0 Å². The average molecular weight is 368 g/mol. The second-order valence-corrected chi connectivity index (χ2v) is 8.94. The summed E-state index contributed by atoms with van der Waals surface area (Å²) in [6.07, 6.45) is 7.43. The molecule has 2 aromatic carbocycles. The fourth-order valence-electron chi connectivity index (χ4n) is 5.12. The number of likely N-dealkylation sites (tertiary alicyclic amines) is 1. The number of rotatable bonds is 5. The molecule has 4 rings (SSSR count). The Morgan fingerprint density at radius 2 is 1.63 bits per heavy atom. The molecule has 1 unspecified atom stereocenters. The van der Waals surface area contributed by atoms with Crippen molar-refractivity contribution in [3.63, 3.8) is 0 Å². The lowest BCUT2D eigenvalue weighted by molar-refractivity contribution is -0.920. The van der Waals surface area contributed by atoms with Gasteiger partial charge in [0.15, 0.2) is 0 Å². The minimum absolute atomic E-state index is 0.154. The van der Waals surface area contributed by atoms with Crippen LogP contribution < -0.4 is 4.90 Å². The molecule has 1 atom stereocenters. The van der Waals surface area contributed by atoms with Gasteiger partial charge in [0.1, 0.15) is 5.82 Å². The molecule has 144 valence electrons. The zero-order chi connectivity index (χ0) is 18.9. The number of quaternary nitrogens is 1. The molecule has 3 heteroatoms. The van der Waals surface area contributed by atoms with Crippen LogP contribution in [0.3, 0.4) is 0 Å². The smallest absolute Gasteiger partial charge is 0.123 e. The van der Waals surface area contributed by atoms with Crippen LogP contribution in [-0.4, -0.2) is 43.8 Å². The van der Waals surface area contributed by atoms with Crippen molar-refractivity contribution in [2.24, 2.45) is 0 Å². The highest BCUT2D eigenvalue weighted by molar-refractivity contribution is 5.50. The van der Waals surface area contributed by atoms with E-state index in [1.54, 1.807) is 12.1 Å². The summed E-state index contributed by atoms with van der Waals surface area (Å²) >= 11 is 0. The second kappa shape index (κ2) is 7.63. The van der Waals surface area contributed by atoms with Crippen molar-refractivity contribution in [1.82, 2.24) is 0 Å². The number of fused-ring (bicyclic) bond motifs is 1. The molecule has 2 aliphatic rings. The number of hydrogen-bond donors (Lipinski definition) is 0. The molecule has 0 bridgehead atoms. The first kappa shape index (κ1) is 18.5. The van der Waals surface area contributed by atoms with Crippen molar-refractivity contribution in [3.05, 3.63) is 65.5 Å². The molecule has 0 radical (unpaired) electrons. The van der Waals surface area contributed by atoms with Gasteiger partial charge in [-0.3, -0.25) is 0 Å². The lowest BCUT2D eigenvalue weighted by Crippen LogP contribution is -2.53. The van der Waals surface area contributed by atoms with Gasteiger partial charge in [-0.05, 0) is 67.5 Å². The van der Waals surface area contributed by atoms with E-state index in [4.69, 9.17) is 0 Å². The summed E-state index contributed by atoms with van der Waals surface area (Å²) < 4.78 is 14.6. The van der Waals surface area contributed by atoms with Gasteiger partial charge in [-0.1, -0.05) is 24.3 Å². The topological polar surface area (TPSA) is 3.24 Å². The minimum Gasteiger partial charge on any atom is -0.368 e. The molecular weight excluding hydrogens is 335 g/mol. The molecule has 27 heavy (non-hydrogen) atoms. The van der Waals surface area contributed by atoms with Crippen molar-refractivity contribution < 1.29 is 8.87 Å². The number of benzene rings is 2. The largest absolute Gasteiger partial charge is 0.368 e. The molecular formula is C24H32FN2+. The summed E-state index contributed by atoms with van der Waals surface area (Å²) in [6, 6.07) is 17.1. The van der Waals surface area contributed by atoms with Gasteiger partial charge in [0.2, 0.25) is 0 Å². The highest BCUT2D eigenvalue weighted by Gasteiger charge is 2.33. The van der Waals surface area contributed by atoms with Crippen LogP contribution in [0.25, 0.3) is 0 Å². The summed E-state index contributed by atoms with van der Waals surface area (Å²) in [4.78, 5) is 2.55. The summed E-state index contributed by atoms with van der Waals surface area (Å²) in [6.45, 7) is 2.34. The van der Waals surface area contributed by atoms with Crippen LogP contribution in [0.2, 0.25) is 0 Å². The highest BCUT2D eigenvalue weighted by atomic mass is 19.1. The SMILES string of the molecule is C[N+]1(C)CCCCC1CCN(c1ccc(F)cc1)C1Cc2ccccc2C1. The first-order valence-corrected chi connectivity index (χ1v) is 10.4. The molecule has 0 aromatic heterocycles. The lowest BCUT2D eigenvalue weighted by atomic mass is 9.96. The monoisotopic (exact) mass is 367 g/mol. The van der Waals surface area contributed by atoms with Gasteiger partial charge in [-0.25, -0.2) is 4.39 Å². The van der Waals surface area contributed by atoms with Gasteiger partial charge in [-0.15, -0.1) is 0 Å². The van der Waals surface area contributed by atoms with Crippen molar-refractivity contribution in [2.75, 3.05) is 32.1 Å². The Morgan fingerprint density at radius 3 is 2.26 bits per heavy atom. The van der Waals surface area contributed by atoms with E-state index in [1.165, 1.54) is 43.4 Å². The highest BCUT2D eigenvalue weighted by Crippen LogP contribution is 2.31. The molecule has 1 saturated heterocycles. The third-order valence-corrected chi connectivity index (χ3v) is 6.84. The molecule has 1 aliphatic heterocycles. The Bertz CT molecular complexity index is 743. The van der Waals surface area contributed by atoms with E-state index in [9.17, 15) is 4.39 Å². The van der Waals surface area contributed by atoms with E-state index < -0.39 is 0 Å². The Morgan fingerprint density at radius 1 is 0.963 bits per heavy atom. The third-order valence-electron chi connectivity index (χ3n) is 6.84. The normalized spacial score (nSPS) is 21.8. The van der Waals surface area contributed by atoms with Crippen LogP contribution in [0.4, 0.5) is 10.1 Å². The molecule has 1 aliphatic carbocycles. The molecule has 1 fully saturated rings. The average Bonchev–Trinajstić information content (AvgIpc) is 3.08. The van der Waals surface area contributed by atoms with E-state index >= 15 is 0 Å². The number of nitrogens with zero attached hydrogens (tertiary/aromatic N) is 2. The maximum atomic E-state index is 13.5. The van der Waals surface area contributed by atoms with E-state index in [2.05, 4.69) is 43.3 Å². The van der Waals surface area contributed by atoms with Gasteiger partial charge in [0, 0.05) is 24.7 Å². The molecule has 2 nitrogen and oxygen atoms in total. The molecule has 0 spiro atoms. The van der Waals surface area contributed by atoms with Crippen molar-refractivity contribution in [1.29, 1.82) is 0 Å². The zero-order valence-corrected chi connectivity index (χ0v) is 16.7. The van der Waals surface area contributed by atoms with E-state index in [-0.39, 0.29) is 5.82 Å². The van der Waals surface area contributed by atoms with Crippen LogP contribution in [0.15, 0.2) is 48.5 Å². The molecule has 1 heterocycles. The van der Waals surface area contributed by atoms with Crippen molar-refractivity contribution >= 4 is 5.69 Å². The number of anilines is 1. The van der Waals surface area contributed by atoms with Gasteiger partial charge in [0.25, 0.3) is 0 Å². The summed E-state index contributed by atoms with van der Waals surface area (Å²) in [7, 11) is 4.77. The van der Waals surface area contributed by atoms with Crippen LogP contribution in [0.1, 0.15) is 36.8 Å². The second-order valence-electron chi connectivity index (χ2n) is 8.94. The first-order valence-electron chi connectivity index (χ1n) is 10.4. The number of piperidine rings is 1. The maximum absolute atomic E-state index is 13.5. The molecule has 0 N–H and O–H groups in total. The Balaban J connectivity index is 1.53. The van der Waals surface area contributed by atoms with E-state index in [0.29, 0.717) is 6.04 Å². The predicted octanol–water partition coefficient (Wildman–Crippen LogP) is 4.82. The van der Waals surface area contributed by atoms with Crippen LogP contribution in [0.5, 0.6) is 0 Å². The summed E-state index contributed by atoms with van der Waals surface area (Å²) in [5.74, 6) is -0.154. The van der Waals surface area contributed by atoms with E-state index in [0.717, 1.165) is 35.6 Å². The minimum atomic E-state index is -0.154. The van der Waals surface area contributed by atoms with Crippen LogP contribution in [0, 0.1) is 5.82 Å². The molecule has 0 amide bonds. The fraction of sp³-hybridized carbons (Fsp3) is 0.500. The van der Waals surface area contributed by atoms with E-state index in [1.807, 2.05) is 12.1 Å². The van der Waals surface area contributed by atoms with Gasteiger partial charge in [-0.2, -0.15) is 0 Å². The number of hydrogen-bond acceptors (Lipinski definition) is 1. The van der Waals surface area contributed by atoms with Gasteiger partial charge in [0.05, 0.1) is 26.7 Å². The Labute approximate surface area is 163 Å². The molecule has 2 aromatic rings. The van der Waals surface area contributed by atoms with Crippen molar-refractivity contribution in [3.8, 4) is 0 Å². The molecule has 0 saturated carbocycles. The Kier molecular flexibility index (Phi) is 5.23. The quantitative estimate of drug-likeness (QED) is 0.685. The van der Waals surface area contributed by atoms with Crippen molar-refractivity contribution in [2.45, 2.75) is 50.6 Å². The zero-order valence-electron chi connectivity index (χ0n) is 16.7. The summed E-state index contributed by atoms with van der Waals surface area (Å²) in [5, 5.41) is 0. The number of halogens is 1. The Hall–Kier alpha value is -1.87. The summed E-state index contributed by atoms with van der Waals surface area (Å²) in [5.41, 5.74) is 4.11. The van der Waals surface area contributed by atoms with Crippen LogP contribution in [-0.2, 0) is 12.8 Å². The van der Waals surface area contributed by atoms with Crippen LogP contribution >= 0.6 is 0 Å². The fourth-order valence-corrected chi connectivity index (χ4v) is 5.12. The maximum Gasteiger partial charge on any atom is 0.123 e. The van der Waals surface area contributed by atoms with Gasteiger partial charge < -0.3 is 9.38 Å². The third kappa shape index (κ3) is 4.03.